The largest absolute Gasteiger partial charge is 0.324 e. The predicted octanol–water partition coefficient (Wildman–Crippen LogP) is 5.68. The van der Waals surface area contributed by atoms with Gasteiger partial charge in [-0.1, -0.05) is 25.1 Å². The first-order valence-corrected chi connectivity index (χ1v) is 12.7. The molecule has 5 rings (SSSR count). The number of aromatic amines is 1. The van der Waals surface area contributed by atoms with Gasteiger partial charge < -0.3 is 5.32 Å². The molecule has 192 valence electrons. The molecule has 0 saturated heterocycles. The highest BCUT2D eigenvalue weighted by atomic mass is 16.2. The number of ketones is 1. The van der Waals surface area contributed by atoms with Crippen LogP contribution in [0.25, 0.3) is 23.1 Å². The number of nitrogens with one attached hydrogen (secondary N) is 2. The summed E-state index contributed by atoms with van der Waals surface area (Å²) in [4.78, 5) is 30.8. The molecule has 1 unspecified atom stereocenters. The number of aromatic nitrogens is 5. The number of hydrogen-bond acceptors (Lipinski definition) is 5. The minimum absolute atomic E-state index is 0.0580. The zero-order chi connectivity index (χ0) is 26.8. The van der Waals surface area contributed by atoms with Crippen LogP contribution in [-0.2, 0) is 0 Å². The first-order valence-electron chi connectivity index (χ1n) is 12.7. The van der Waals surface area contributed by atoms with Gasteiger partial charge in [0.15, 0.2) is 5.78 Å². The second kappa shape index (κ2) is 10.4. The zero-order valence-corrected chi connectivity index (χ0v) is 21.9. The molecule has 38 heavy (non-hydrogen) atoms. The lowest BCUT2D eigenvalue weighted by atomic mass is 9.90. The number of H-pyrrole nitrogens is 1. The van der Waals surface area contributed by atoms with E-state index in [-0.39, 0.29) is 23.7 Å². The number of carbonyl (C=O) groups excluding carboxylic acids is 2. The second-order valence-electron chi connectivity index (χ2n) is 9.85. The Morgan fingerprint density at radius 1 is 1.16 bits per heavy atom. The second-order valence-corrected chi connectivity index (χ2v) is 9.85. The molecule has 0 spiro atoms. The van der Waals surface area contributed by atoms with E-state index in [4.69, 9.17) is 0 Å². The molecule has 3 heterocycles. The van der Waals surface area contributed by atoms with Crippen LogP contribution in [0.1, 0.15) is 71.2 Å². The van der Waals surface area contributed by atoms with Crippen LogP contribution in [0.2, 0.25) is 0 Å². The molecule has 1 aliphatic rings. The number of benzene rings is 1. The fourth-order valence-electron chi connectivity index (χ4n) is 4.51. The van der Waals surface area contributed by atoms with E-state index >= 15 is 0 Å². The van der Waals surface area contributed by atoms with Gasteiger partial charge in [-0.25, -0.2) is 0 Å². The highest BCUT2D eigenvalue weighted by molar-refractivity contribution is 6.12. The zero-order valence-electron chi connectivity index (χ0n) is 21.9. The van der Waals surface area contributed by atoms with Crippen molar-refractivity contribution in [3.8, 4) is 0 Å². The Kier molecular flexibility index (Phi) is 6.87. The summed E-state index contributed by atoms with van der Waals surface area (Å²) in [6.45, 7) is 7.88. The summed E-state index contributed by atoms with van der Waals surface area (Å²) in [5, 5.41) is 15.8. The maximum absolute atomic E-state index is 13.4. The summed E-state index contributed by atoms with van der Waals surface area (Å²) < 4.78 is 1.72. The molecule has 0 fully saturated rings. The number of pyridine rings is 1. The molecule has 0 bridgehead atoms. The van der Waals surface area contributed by atoms with Crippen LogP contribution >= 0.6 is 0 Å². The Bertz CT molecular complexity index is 1600. The molecule has 8 heteroatoms. The average Bonchev–Trinajstić information content (AvgIpc) is 3.52. The topological polar surface area (TPSA) is 106 Å². The molecular formula is C30H30N6O2. The molecule has 0 aliphatic heterocycles. The Balaban J connectivity index is 1.35. The minimum atomic E-state index is -0.226. The fraction of sp³-hybridized carbons (Fsp3) is 0.233. The third kappa shape index (κ3) is 5.11. The van der Waals surface area contributed by atoms with Crippen LogP contribution in [0, 0.1) is 12.8 Å². The van der Waals surface area contributed by atoms with Gasteiger partial charge in [-0.3, -0.25) is 24.4 Å². The highest BCUT2D eigenvalue weighted by Gasteiger charge is 2.23. The maximum Gasteiger partial charge on any atom is 0.273 e. The summed E-state index contributed by atoms with van der Waals surface area (Å²) in [5.74, 6) is -0.249. The van der Waals surface area contributed by atoms with Gasteiger partial charge in [0.25, 0.3) is 5.91 Å². The van der Waals surface area contributed by atoms with Crippen molar-refractivity contribution >= 4 is 34.7 Å². The van der Waals surface area contributed by atoms with Crippen LogP contribution in [-0.4, -0.2) is 36.7 Å². The van der Waals surface area contributed by atoms with E-state index in [9.17, 15) is 9.59 Å². The van der Waals surface area contributed by atoms with Crippen LogP contribution in [0.4, 0.5) is 0 Å². The van der Waals surface area contributed by atoms with E-state index in [1.165, 1.54) is 0 Å². The van der Waals surface area contributed by atoms with Crippen molar-refractivity contribution in [3.63, 3.8) is 0 Å². The lowest BCUT2D eigenvalue weighted by molar-refractivity contribution is 0.0947. The minimum Gasteiger partial charge on any atom is -0.324 e. The van der Waals surface area contributed by atoms with Gasteiger partial charge in [-0.05, 0) is 81.7 Å². The summed E-state index contributed by atoms with van der Waals surface area (Å²) in [7, 11) is 0. The lowest BCUT2D eigenvalue weighted by Gasteiger charge is -2.21. The number of carbonyl (C=O) groups is 2. The van der Waals surface area contributed by atoms with Crippen molar-refractivity contribution in [2.45, 2.75) is 40.2 Å². The van der Waals surface area contributed by atoms with Gasteiger partial charge >= 0.3 is 0 Å². The molecule has 1 atom stereocenters. The number of amides is 1. The van der Waals surface area contributed by atoms with E-state index in [1.54, 1.807) is 23.0 Å². The Morgan fingerprint density at radius 3 is 2.76 bits per heavy atom. The Hall–Kier alpha value is -4.59. The monoisotopic (exact) mass is 506 g/mol. The average molecular weight is 507 g/mol. The molecule has 1 aliphatic carbocycles. The van der Waals surface area contributed by atoms with Crippen LogP contribution in [0.3, 0.4) is 0 Å². The third-order valence-electron chi connectivity index (χ3n) is 6.59. The number of allylic oxidation sites excluding steroid dienone is 4. The first-order chi connectivity index (χ1) is 18.3. The van der Waals surface area contributed by atoms with Crippen LogP contribution in [0.15, 0.2) is 72.1 Å². The summed E-state index contributed by atoms with van der Waals surface area (Å²) in [6.07, 6.45) is 9.92. The summed E-state index contributed by atoms with van der Waals surface area (Å²) in [6, 6.07) is 13.1. The van der Waals surface area contributed by atoms with Gasteiger partial charge in [0, 0.05) is 34.5 Å². The number of fused-ring (bicyclic) bond motifs is 1. The van der Waals surface area contributed by atoms with E-state index in [1.807, 2.05) is 82.3 Å². The smallest absolute Gasteiger partial charge is 0.273 e. The maximum atomic E-state index is 13.4. The van der Waals surface area contributed by atoms with Gasteiger partial charge in [-0.2, -0.15) is 10.2 Å². The Morgan fingerprint density at radius 2 is 2.00 bits per heavy atom. The molecule has 1 aromatic carbocycles. The number of nitrogens with zero attached hydrogens (tertiary/aromatic N) is 4. The highest BCUT2D eigenvalue weighted by Crippen LogP contribution is 2.26. The van der Waals surface area contributed by atoms with Crippen molar-refractivity contribution in [1.82, 2.24) is 30.3 Å². The van der Waals surface area contributed by atoms with Gasteiger partial charge in [0.2, 0.25) is 0 Å². The Labute approximate surface area is 221 Å². The lowest BCUT2D eigenvalue weighted by Crippen LogP contribution is -2.30. The van der Waals surface area contributed by atoms with Gasteiger partial charge in [-0.15, -0.1) is 0 Å². The van der Waals surface area contributed by atoms with Crippen molar-refractivity contribution < 1.29 is 9.59 Å². The molecule has 8 nitrogen and oxygen atoms in total. The molecule has 2 N–H and O–H groups in total. The third-order valence-corrected chi connectivity index (χ3v) is 6.59. The normalized spacial score (nSPS) is 15.7. The van der Waals surface area contributed by atoms with E-state index in [0.29, 0.717) is 23.3 Å². The predicted molar refractivity (Wildman–Crippen MR) is 148 cm³/mol. The van der Waals surface area contributed by atoms with E-state index in [0.717, 1.165) is 33.7 Å². The molecule has 3 aromatic heterocycles. The number of hydrogen-bond donors (Lipinski definition) is 2. The van der Waals surface area contributed by atoms with E-state index < -0.39 is 0 Å². The van der Waals surface area contributed by atoms with Crippen molar-refractivity contribution in [2.24, 2.45) is 5.92 Å². The van der Waals surface area contributed by atoms with Crippen LogP contribution in [0.5, 0.6) is 0 Å². The quantitative estimate of drug-likeness (QED) is 0.314. The van der Waals surface area contributed by atoms with E-state index in [2.05, 4.69) is 25.6 Å². The van der Waals surface area contributed by atoms with Crippen molar-refractivity contribution in [3.05, 3.63) is 100 Å². The molecule has 4 aromatic rings. The molecule has 0 saturated carbocycles. The fourth-order valence-corrected chi connectivity index (χ4v) is 4.51. The summed E-state index contributed by atoms with van der Waals surface area (Å²) >= 11 is 0. The van der Waals surface area contributed by atoms with Crippen molar-refractivity contribution in [2.75, 3.05) is 0 Å². The standard InChI is InChI=1S/C30H30N6O2/c1-18(2)36-28(15-20(4)35-36)30(38)32-26-16-21(9-8-19(26)3)29(37)22-10-12-24-25(33-34-27(24)17-22)13-11-23-7-5-6-14-31-23/h5-7,9-19H,8H2,1-4H3,(H,32,38)(H,33,34)/b13-11+. The van der Waals surface area contributed by atoms with Crippen molar-refractivity contribution in [1.29, 1.82) is 0 Å². The van der Waals surface area contributed by atoms with Gasteiger partial charge in [0.1, 0.15) is 5.69 Å². The SMILES string of the molecule is Cc1cc(C(=O)NC2=CC(C(=O)c3ccc4c(/C=C/c5ccccn5)n[nH]c4c3)=CCC2C)n(C(C)C)n1. The number of aryl methyl sites for hydroxylation is 1. The molecule has 0 radical (unpaired) electrons. The molecule has 1 amide bonds. The molecular weight excluding hydrogens is 476 g/mol. The first kappa shape index (κ1) is 25.1. The van der Waals surface area contributed by atoms with Gasteiger partial charge in [0.05, 0.1) is 22.6 Å². The number of Topliss-reactive ketones (excluding diaryl/α,β-unsaturated/α-hetero) is 1. The summed E-state index contributed by atoms with van der Waals surface area (Å²) in [5.41, 5.74) is 5.51. The van der Waals surface area contributed by atoms with Crippen LogP contribution < -0.4 is 5.32 Å². The number of rotatable bonds is 7.